The third kappa shape index (κ3) is 2.61. The van der Waals surface area contributed by atoms with E-state index in [0.29, 0.717) is 10.8 Å². The number of aliphatic hydroxyl groups excluding tert-OH is 1. The molecule has 2 atom stereocenters. The fraction of sp³-hybridized carbons (Fsp3) is 0.647. The Bertz CT molecular complexity index is 673. The second kappa shape index (κ2) is 5.55. The first-order chi connectivity index (χ1) is 11.1. The number of epoxide rings is 1. The van der Waals surface area contributed by atoms with Crippen molar-refractivity contribution in [3.05, 3.63) is 29.8 Å². The molecule has 1 aromatic carbocycles. The number of sulfone groups is 1. The maximum atomic E-state index is 12.3. The van der Waals surface area contributed by atoms with Gasteiger partial charge in [-0.2, -0.15) is 0 Å². The summed E-state index contributed by atoms with van der Waals surface area (Å²) in [5.74, 6) is 0.394. The molecule has 1 aliphatic carbocycles. The molecule has 5 nitrogen and oxygen atoms in total. The van der Waals surface area contributed by atoms with Gasteiger partial charge in [0.2, 0.25) is 0 Å². The first-order valence-electron chi connectivity index (χ1n) is 8.29. The largest absolute Gasteiger partial charge is 0.393 e. The van der Waals surface area contributed by atoms with Gasteiger partial charge in [-0.15, -0.1) is 0 Å². The Morgan fingerprint density at radius 1 is 1.09 bits per heavy atom. The highest BCUT2D eigenvalue weighted by molar-refractivity contribution is 7.92. The van der Waals surface area contributed by atoms with Gasteiger partial charge in [0.25, 0.3) is 0 Å². The molecule has 6 heteroatoms. The minimum Gasteiger partial charge on any atom is -0.393 e. The van der Waals surface area contributed by atoms with Gasteiger partial charge >= 0.3 is 0 Å². The second-order valence-electron chi connectivity index (χ2n) is 6.80. The molecule has 0 radical (unpaired) electrons. The van der Waals surface area contributed by atoms with Crippen LogP contribution in [0.3, 0.4) is 0 Å². The van der Waals surface area contributed by atoms with Crippen LogP contribution in [0.25, 0.3) is 0 Å². The van der Waals surface area contributed by atoms with Crippen LogP contribution in [0, 0.1) is 5.92 Å². The topological polar surface area (TPSA) is 76.1 Å². The average Bonchev–Trinajstić information content (AvgIpc) is 3.49. The number of ether oxygens (including phenoxy) is 2. The third-order valence-electron chi connectivity index (χ3n) is 5.30. The Balaban J connectivity index is 1.55. The van der Waals surface area contributed by atoms with Crippen LogP contribution < -0.4 is 0 Å². The van der Waals surface area contributed by atoms with Gasteiger partial charge in [-0.05, 0) is 49.3 Å². The van der Waals surface area contributed by atoms with Crippen molar-refractivity contribution >= 4 is 9.84 Å². The lowest BCUT2D eigenvalue weighted by Crippen LogP contribution is -2.27. The molecule has 2 heterocycles. The van der Waals surface area contributed by atoms with Crippen molar-refractivity contribution in [3.63, 3.8) is 0 Å². The molecule has 0 bridgehead atoms. The summed E-state index contributed by atoms with van der Waals surface area (Å²) in [5, 5.41) is 9.66. The van der Waals surface area contributed by atoms with Gasteiger partial charge in [-0.3, -0.25) is 0 Å². The fourth-order valence-electron chi connectivity index (χ4n) is 3.64. The van der Waals surface area contributed by atoms with Gasteiger partial charge in [0, 0.05) is 13.2 Å². The maximum absolute atomic E-state index is 12.3. The van der Waals surface area contributed by atoms with Crippen molar-refractivity contribution in [2.45, 2.75) is 47.5 Å². The zero-order valence-electron chi connectivity index (χ0n) is 13.0. The van der Waals surface area contributed by atoms with Crippen molar-refractivity contribution in [2.24, 2.45) is 5.92 Å². The third-order valence-corrected chi connectivity index (χ3v) is 7.58. The summed E-state index contributed by atoms with van der Waals surface area (Å²) in [6, 6.07) is 6.90. The number of rotatable bonds is 5. The van der Waals surface area contributed by atoms with E-state index in [2.05, 4.69) is 0 Å². The van der Waals surface area contributed by atoms with Gasteiger partial charge in [-0.25, -0.2) is 8.42 Å². The summed E-state index contributed by atoms with van der Waals surface area (Å²) < 4.78 is 35.8. The average molecular weight is 338 g/mol. The van der Waals surface area contributed by atoms with E-state index in [1.807, 2.05) is 0 Å². The zero-order chi connectivity index (χ0) is 16.1. The lowest BCUT2D eigenvalue weighted by molar-refractivity contribution is 0.0571. The van der Waals surface area contributed by atoms with Crippen molar-refractivity contribution < 1.29 is 23.0 Å². The zero-order valence-corrected chi connectivity index (χ0v) is 13.8. The Morgan fingerprint density at radius 3 is 2.30 bits per heavy atom. The monoisotopic (exact) mass is 338 g/mol. The van der Waals surface area contributed by atoms with Gasteiger partial charge in [0.1, 0.15) is 5.60 Å². The van der Waals surface area contributed by atoms with E-state index >= 15 is 0 Å². The Kier molecular flexibility index (Phi) is 3.76. The van der Waals surface area contributed by atoms with Gasteiger partial charge in [0.05, 0.1) is 22.9 Å². The van der Waals surface area contributed by atoms with Crippen LogP contribution in [-0.2, 0) is 24.9 Å². The Morgan fingerprint density at radius 2 is 1.74 bits per heavy atom. The minimum absolute atomic E-state index is 0.00212. The summed E-state index contributed by atoms with van der Waals surface area (Å²) >= 11 is 0. The summed E-state index contributed by atoms with van der Waals surface area (Å²) in [6.45, 7) is 1.40. The van der Waals surface area contributed by atoms with E-state index in [1.54, 1.807) is 24.3 Å². The summed E-state index contributed by atoms with van der Waals surface area (Å²) in [7, 11) is -3.17. The molecule has 126 valence electrons. The van der Waals surface area contributed by atoms with E-state index in [4.69, 9.17) is 9.47 Å². The van der Waals surface area contributed by atoms with Crippen LogP contribution in [0.5, 0.6) is 0 Å². The molecule has 23 heavy (non-hydrogen) atoms. The van der Waals surface area contributed by atoms with Crippen molar-refractivity contribution in [2.75, 3.05) is 19.8 Å². The van der Waals surface area contributed by atoms with Crippen molar-refractivity contribution in [1.82, 2.24) is 0 Å². The number of hydrogen-bond donors (Lipinski definition) is 1. The van der Waals surface area contributed by atoms with Gasteiger partial charge < -0.3 is 14.6 Å². The quantitative estimate of drug-likeness (QED) is 0.826. The highest BCUT2D eigenvalue weighted by Gasteiger charge is 2.60. The number of hydrogen-bond acceptors (Lipinski definition) is 5. The lowest BCUT2D eigenvalue weighted by atomic mass is 9.85. The van der Waals surface area contributed by atoms with Crippen LogP contribution in [0.1, 0.15) is 31.2 Å². The van der Waals surface area contributed by atoms with Gasteiger partial charge in [0.15, 0.2) is 9.84 Å². The van der Waals surface area contributed by atoms with E-state index in [9.17, 15) is 13.5 Å². The molecule has 1 saturated carbocycles. The van der Waals surface area contributed by atoms with Crippen LogP contribution >= 0.6 is 0 Å². The van der Waals surface area contributed by atoms with E-state index in [0.717, 1.165) is 44.5 Å². The van der Waals surface area contributed by atoms with E-state index < -0.39 is 15.4 Å². The molecule has 0 amide bonds. The van der Waals surface area contributed by atoms with Crippen molar-refractivity contribution in [3.8, 4) is 0 Å². The van der Waals surface area contributed by atoms with Crippen LogP contribution in [-0.4, -0.2) is 44.7 Å². The van der Waals surface area contributed by atoms with Crippen LogP contribution in [0.2, 0.25) is 0 Å². The smallest absolute Gasteiger partial charge is 0.181 e. The Labute approximate surface area is 136 Å². The number of benzene rings is 1. The molecular formula is C17H22O5S. The SMILES string of the molecule is O=S(=O)(c1ccc([C@@]2(CO)O[C@H]2C2CCOCC2)cc1)C1CC1. The first-order valence-corrected chi connectivity index (χ1v) is 9.83. The molecule has 3 fully saturated rings. The standard InChI is InChI=1S/C17H22O5S/c18-11-17(16(22-17)12-7-9-21-10-8-12)13-1-3-14(4-2-13)23(19,20)15-5-6-15/h1-4,12,15-16,18H,5-11H2/t16-,17+/m0/s1. The molecule has 0 spiro atoms. The highest BCUT2D eigenvalue weighted by atomic mass is 32.2. The molecule has 1 N–H and O–H groups in total. The molecule has 1 aromatic rings. The molecule has 2 saturated heterocycles. The summed E-state index contributed by atoms with van der Waals surface area (Å²) in [4.78, 5) is 0.375. The Hall–Kier alpha value is -0.950. The van der Waals surface area contributed by atoms with Crippen LogP contribution in [0.4, 0.5) is 0 Å². The molecule has 0 unspecified atom stereocenters. The molecular weight excluding hydrogens is 316 g/mol. The van der Waals surface area contributed by atoms with E-state index in [1.165, 1.54) is 0 Å². The van der Waals surface area contributed by atoms with Gasteiger partial charge in [-0.1, -0.05) is 12.1 Å². The normalized spacial score (nSPS) is 32.0. The minimum atomic E-state index is -3.17. The molecule has 3 aliphatic rings. The van der Waals surface area contributed by atoms with Crippen molar-refractivity contribution in [1.29, 1.82) is 0 Å². The number of aliphatic hydroxyl groups is 1. The highest BCUT2D eigenvalue weighted by Crippen LogP contribution is 2.52. The second-order valence-corrected chi connectivity index (χ2v) is 9.03. The van der Waals surface area contributed by atoms with E-state index in [-0.39, 0.29) is 18.0 Å². The maximum Gasteiger partial charge on any atom is 0.181 e. The predicted molar refractivity (Wildman–Crippen MR) is 83.8 cm³/mol. The van der Waals surface area contributed by atoms with Crippen LogP contribution in [0.15, 0.2) is 29.2 Å². The summed E-state index contributed by atoms with van der Waals surface area (Å²) in [6.07, 6.45) is 3.42. The first kappa shape index (κ1) is 15.6. The molecule has 2 aliphatic heterocycles. The lowest BCUT2D eigenvalue weighted by Gasteiger charge is -2.22. The fourth-order valence-corrected chi connectivity index (χ4v) is 5.29. The predicted octanol–water partition coefficient (Wildman–Crippen LogP) is 1.64. The molecule has 4 rings (SSSR count). The molecule has 0 aromatic heterocycles. The summed E-state index contributed by atoms with van der Waals surface area (Å²) in [5.41, 5.74) is 0.204.